The summed E-state index contributed by atoms with van der Waals surface area (Å²) in [4.78, 5) is 34.0. The first-order valence-corrected chi connectivity index (χ1v) is 9.51. The summed E-state index contributed by atoms with van der Waals surface area (Å²) in [5, 5.41) is 13.4. The number of carbonyl (C=O) groups excluding carboxylic acids is 2. The van der Waals surface area contributed by atoms with Crippen molar-refractivity contribution in [3.63, 3.8) is 0 Å². The maximum atomic E-state index is 12.0. The van der Waals surface area contributed by atoms with E-state index >= 15 is 0 Å². The molecule has 0 heterocycles. The van der Waals surface area contributed by atoms with Crippen LogP contribution in [0.5, 0.6) is 11.5 Å². The van der Waals surface area contributed by atoms with Gasteiger partial charge in [0.1, 0.15) is 0 Å². The zero-order chi connectivity index (χ0) is 21.9. The van der Waals surface area contributed by atoms with Gasteiger partial charge in [0.05, 0.1) is 23.7 Å². The maximum absolute atomic E-state index is 12.0. The fraction of sp³-hybridized carbons (Fsp3) is 0.333. The van der Waals surface area contributed by atoms with Crippen molar-refractivity contribution in [1.82, 2.24) is 5.32 Å². The molecule has 0 atom stereocenters. The molecule has 0 fully saturated rings. The predicted octanol–water partition coefficient (Wildman–Crippen LogP) is 2.91. The molecule has 2 aromatic rings. The highest BCUT2D eigenvalue weighted by Gasteiger charge is 2.14. The Morgan fingerprint density at radius 2 is 1.77 bits per heavy atom. The van der Waals surface area contributed by atoms with E-state index in [2.05, 4.69) is 5.32 Å². The van der Waals surface area contributed by atoms with Crippen LogP contribution in [0.25, 0.3) is 0 Å². The quantitative estimate of drug-likeness (QED) is 0.340. The van der Waals surface area contributed by atoms with Gasteiger partial charge in [-0.05, 0) is 44.0 Å². The molecule has 160 valence electrons. The van der Waals surface area contributed by atoms with Crippen LogP contribution >= 0.6 is 0 Å². The Labute approximate surface area is 174 Å². The van der Waals surface area contributed by atoms with Gasteiger partial charge in [-0.15, -0.1) is 0 Å². The lowest BCUT2D eigenvalue weighted by molar-refractivity contribution is -0.384. The monoisotopic (exact) mass is 416 g/mol. The van der Waals surface area contributed by atoms with Crippen LogP contribution in [0.4, 0.5) is 5.69 Å². The number of nitro benzene ring substituents is 1. The van der Waals surface area contributed by atoms with E-state index in [9.17, 15) is 19.7 Å². The van der Waals surface area contributed by atoms with Gasteiger partial charge < -0.3 is 19.5 Å². The topological polar surface area (TPSA) is 117 Å². The van der Waals surface area contributed by atoms with E-state index in [1.165, 1.54) is 18.2 Å². The maximum Gasteiger partial charge on any atom is 0.338 e. The number of amides is 1. The van der Waals surface area contributed by atoms with Crippen molar-refractivity contribution in [2.45, 2.75) is 20.3 Å². The van der Waals surface area contributed by atoms with E-state index < -0.39 is 23.4 Å². The van der Waals surface area contributed by atoms with Crippen LogP contribution < -0.4 is 14.8 Å². The van der Waals surface area contributed by atoms with E-state index in [-0.39, 0.29) is 11.3 Å². The fourth-order valence-corrected chi connectivity index (χ4v) is 2.61. The van der Waals surface area contributed by atoms with Crippen molar-refractivity contribution in [2.75, 3.05) is 26.4 Å². The molecule has 2 aromatic carbocycles. The number of nitrogens with one attached hydrogen (secondary N) is 1. The number of nitrogens with zero attached hydrogens (tertiary/aromatic N) is 1. The largest absolute Gasteiger partial charge is 0.490 e. The number of ether oxygens (including phenoxy) is 3. The van der Waals surface area contributed by atoms with Gasteiger partial charge in [-0.1, -0.05) is 12.1 Å². The summed E-state index contributed by atoms with van der Waals surface area (Å²) < 4.78 is 16.0. The summed E-state index contributed by atoms with van der Waals surface area (Å²) >= 11 is 0. The lowest BCUT2D eigenvalue weighted by Crippen LogP contribution is -2.30. The van der Waals surface area contributed by atoms with Gasteiger partial charge in [-0.2, -0.15) is 0 Å². The Morgan fingerprint density at radius 1 is 1.03 bits per heavy atom. The SMILES string of the molecule is CCOc1ccc(CCNC(=O)COC(=O)c2cccc([N+](=O)[O-])c2)cc1OCC. The van der Waals surface area contributed by atoms with Crippen LogP contribution in [0.1, 0.15) is 29.8 Å². The van der Waals surface area contributed by atoms with Crippen LogP contribution in [0.3, 0.4) is 0 Å². The molecule has 1 N–H and O–H groups in total. The molecule has 0 saturated heterocycles. The molecule has 0 saturated carbocycles. The number of carbonyl (C=O) groups is 2. The number of benzene rings is 2. The van der Waals surface area contributed by atoms with E-state index in [0.29, 0.717) is 37.7 Å². The molecular formula is C21H24N2O7. The predicted molar refractivity (Wildman–Crippen MR) is 109 cm³/mol. The van der Waals surface area contributed by atoms with Crippen LogP contribution in [-0.2, 0) is 16.0 Å². The van der Waals surface area contributed by atoms with Crippen LogP contribution in [-0.4, -0.2) is 43.2 Å². The van der Waals surface area contributed by atoms with E-state index in [1.54, 1.807) is 0 Å². The summed E-state index contributed by atoms with van der Waals surface area (Å²) in [7, 11) is 0. The minimum Gasteiger partial charge on any atom is -0.490 e. The van der Waals surface area contributed by atoms with Gasteiger partial charge in [0.2, 0.25) is 0 Å². The van der Waals surface area contributed by atoms with Crippen LogP contribution in [0.15, 0.2) is 42.5 Å². The van der Waals surface area contributed by atoms with Gasteiger partial charge in [0.15, 0.2) is 18.1 Å². The van der Waals surface area contributed by atoms with E-state index in [1.807, 2.05) is 32.0 Å². The molecule has 0 spiro atoms. The molecular weight excluding hydrogens is 392 g/mol. The number of rotatable bonds is 11. The zero-order valence-electron chi connectivity index (χ0n) is 16.9. The minimum absolute atomic E-state index is 0.00911. The summed E-state index contributed by atoms with van der Waals surface area (Å²) in [5.41, 5.74) is 0.737. The van der Waals surface area contributed by atoms with E-state index in [4.69, 9.17) is 14.2 Å². The molecule has 0 aliphatic carbocycles. The highest BCUT2D eigenvalue weighted by atomic mass is 16.6. The molecule has 0 aliphatic heterocycles. The standard InChI is InChI=1S/C21H24N2O7/c1-3-28-18-9-8-15(12-19(18)29-4-2)10-11-22-20(24)14-30-21(25)16-6-5-7-17(13-16)23(26)27/h5-9,12-13H,3-4,10-11,14H2,1-2H3,(H,22,24). The second-order valence-electron chi connectivity index (χ2n) is 6.13. The lowest BCUT2D eigenvalue weighted by Gasteiger charge is -2.12. The van der Waals surface area contributed by atoms with Gasteiger partial charge in [0.25, 0.3) is 11.6 Å². The Morgan fingerprint density at radius 3 is 2.47 bits per heavy atom. The van der Waals surface area contributed by atoms with Crippen molar-refractivity contribution in [3.05, 3.63) is 63.7 Å². The molecule has 2 rings (SSSR count). The first-order valence-electron chi connectivity index (χ1n) is 9.51. The van der Waals surface area contributed by atoms with Gasteiger partial charge >= 0.3 is 5.97 Å². The van der Waals surface area contributed by atoms with Crippen molar-refractivity contribution in [1.29, 1.82) is 0 Å². The summed E-state index contributed by atoms with van der Waals surface area (Å²) in [6, 6.07) is 10.7. The summed E-state index contributed by atoms with van der Waals surface area (Å²) in [6.45, 7) is 4.69. The van der Waals surface area contributed by atoms with Crippen molar-refractivity contribution < 1.29 is 28.7 Å². The second kappa shape index (κ2) is 11.4. The smallest absolute Gasteiger partial charge is 0.338 e. The molecule has 0 aromatic heterocycles. The molecule has 0 bridgehead atoms. The number of hydrogen-bond acceptors (Lipinski definition) is 7. The highest BCUT2D eigenvalue weighted by Crippen LogP contribution is 2.28. The van der Waals surface area contributed by atoms with Crippen molar-refractivity contribution in [2.24, 2.45) is 0 Å². The molecule has 30 heavy (non-hydrogen) atoms. The van der Waals surface area contributed by atoms with Crippen molar-refractivity contribution >= 4 is 17.6 Å². The minimum atomic E-state index is -0.804. The Balaban J connectivity index is 1.81. The number of nitro groups is 1. The molecule has 0 unspecified atom stereocenters. The average Bonchev–Trinajstić information content (AvgIpc) is 2.74. The molecule has 9 heteroatoms. The zero-order valence-corrected chi connectivity index (χ0v) is 16.9. The van der Waals surface area contributed by atoms with Gasteiger partial charge in [-0.3, -0.25) is 14.9 Å². The molecule has 0 aliphatic rings. The molecule has 1 amide bonds. The Bertz CT molecular complexity index is 899. The lowest BCUT2D eigenvalue weighted by atomic mass is 10.1. The summed E-state index contributed by atoms with van der Waals surface area (Å²) in [5.74, 6) is 0.0423. The van der Waals surface area contributed by atoms with Crippen molar-refractivity contribution in [3.8, 4) is 11.5 Å². The Hall–Kier alpha value is -3.62. The average molecular weight is 416 g/mol. The number of hydrogen-bond donors (Lipinski definition) is 1. The third kappa shape index (κ3) is 6.77. The fourth-order valence-electron chi connectivity index (χ4n) is 2.61. The molecule has 9 nitrogen and oxygen atoms in total. The molecule has 0 radical (unpaired) electrons. The first kappa shape index (κ1) is 22.7. The second-order valence-corrected chi connectivity index (χ2v) is 6.13. The Kier molecular flexibility index (Phi) is 8.61. The summed E-state index contributed by atoms with van der Waals surface area (Å²) in [6.07, 6.45) is 0.553. The van der Waals surface area contributed by atoms with E-state index in [0.717, 1.165) is 11.6 Å². The van der Waals surface area contributed by atoms with Gasteiger partial charge in [-0.25, -0.2) is 4.79 Å². The number of esters is 1. The van der Waals surface area contributed by atoms with Crippen LogP contribution in [0, 0.1) is 10.1 Å². The third-order valence-corrected chi connectivity index (χ3v) is 3.97. The normalized spacial score (nSPS) is 10.2. The highest BCUT2D eigenvalue weighted by molar-refractivity contribution is 5.91. The van der Waals surface area contributed by atoms with Gasteiger partial charge in [0, 0.05) is 18.7 Å². The van der Waals surface area contributed by atoms with Crippen LogP contribution in [0.2, 0.25) is 0 Å². The third-order valence-electron chi connectivity index (χ3n) is 3.97. The number of non-ortho nitro benzene ring substituents is 1. The first-order chi connectivity index (χ1) is 14.4.